The number of para-hydroxylation sites is 2. The van der Waals surface area contributed by atoms with Gasteiger partial charge < -0.3 is 9.13 Å². The van der Waals surface area contributed by atoms with Crippen LogP contribution in [-0.2, 0) is 13.1 Å². The molecule has 82 heavy (non-hydrogen) atoms. The largest absolute Gasteiger partial charge is 0.340 e. The molecule has 386 valence electrons. The molecule has 0 bridgehead atoms. The van der Waals surface area contributed by atoms with Crippen LogP contribution in [0.2, 0.25) is 0 Å². The summed E-state index contributed by atoms with van der Waals surface area (Å²) in [7, 11) is 0. The van der Waals surface area contributed by atoms with Crippen molar-refractivity contribution in [2.45, 2.75) is 26.9 Å². The van der Waals surface area contributed by atoms with Gasteiger partial charge >= 0.3 is 0 Å². The van der Waals surface area contributed by atoms with E-state index in [4.69, 9.17) is 23.2 Å². The molecule has 10 aromatic rings. The van der Waals surface area contributed by atoms with Gasteiger partial charge in [-0.25, -0.2) is 0 Å². The van der Waals surface area contributed by atoms with Crippen molar-refractivity contribution in [2.24, 2.45) is 0 Å². The molecule has 0 unspecified atom stereocenters. The molecule has 0 N–H and O–H groups in total. The molecule has 2 nitrogen and oxygen atoms in total. The molecule has 2 aromatic heterocycles. The van der Waals surface area contributed by atoms with E-state index in [9.17, 15) is 0 Å². The SMILES string of the molecule is CCn1c(-c2ccccc2)c(/C(Cl)=C/C2=C=C=C(c3ccccc3)C#CC(c3ccccc3)=C=C=C(/C=C(\Cl)c3c(-c4ccccc4)n(CC)c4ccccc34)C#CC(c3ccccc3)=C=C=C(c3ccccc3)C#C2)c2ccccc21. The minimum Gasteiger partial charge on any atom is -0.340 e. The Morgan fingerprint density at radius 3 is 0.878 bits per heavy atom. The maximum atomic E-state index is 7.69. The maximum absolute atomic E-state index is 7.69. The molecule has 11 rings (SSSR count). The molecule has 0 saturated heterocycles. The number of halogens is 2. The second kappa shape index (κ2) is 25.5. The number of allylic oxidation sites excluding steroid dienone is 8. The van der Waals surface area contributed by atoms with Crippen molar-refractivity contribution in [1.82, 2.24) is 9.13 Å². The Kier molecular flexibility index (Phi) is 16.6. The minimum absolute atomic E-state index is 0.461. The summed E-state index contributed by atoms with van der Waals surface area (Å²) in [5, 5.41) is 3.01. The van der Waals surface area contributed by atoms with Crippen LogP contribution in [-0.4, -0.2) is 9.13 Å². The molecule has 0 amide bonds. The monoisotopic (exact) mass is 1080 g/mol. The first-order valence-electron chi connectivity index (χ1n) is 27.1. The van der Waals surface area contributed by atoms with Gasteiger partial charge in [0.25, 0.3) is 0 Å². The molecule has 0 atom stereocenters. The number of hydrogen-bond donors (Lipinski definition) is 0. The van der Waals surface area contributed by atoms with E-state index >= 15 is 0 Å². The summed E-state index contributed by atoms with van der Waals surface area (Å²) in [6, 6.07) is 77.2. The second-order valence-corrected chi connectivity index (χ2v) is 19.8. The zero-order chi connectivity index (χ0) is 56.0. The smallest absolute Gasteiger partial charge is 0.0824 e. The quantitative estimate of drug-likeness (QED) is 0.0852. The van der Waals surface area contributed by atoms with Gasteiger partial charge in [-0.3, -0.25) is 0 Å². The molecular weight excluding hydrogens is 1040 g/mol. The van der Waals surface area contributed by atoms with Crippen LogP contribution < -0.4 is 0 Å². The van der Waals surface area contributed by atoms with Gasteiger partial charge in [0.1, 0.15) is 0 Å². The van der Waals surface area contributed by atoms with Crippen LogP contribution in [0, 0.1) is 35.5 Å². The van der Waals surface area contributed by atoms with E-state index in [1.165, 1.54) is 0 Å². The minimum atomic E-state index is 0.461. The topological polar surface area (TPSA) is 9.86 Å². The average molecular weight is 1090 g/mol. The second-order valence-electron chi connectivity index (χ2n) is 19.0. The van der Waals surface area contributed by atoms with Gasteiger partial charge in [-0.1, -0.05) is 312 Å². The maximum Gasteiger partial charge on any atom is 0.0824 e. The summed E-state index contributed by atoms with van der Waals surface area (Å²) in [6.45, 7) is 5.77. The van der Waals surface area contributed by atoms with Crippen LogP contribution in [0.15, 0.2) is 288 Å². The molecule has 2 heterocycles. The van der Waals surface area contributed by atoms with E-state index in [2.05, 4.69) is 154 Å². The third-order valence-corrected chi connectivity index (χ3v) is 14.4. The van der Waals surface area contributed by atoms with Crippen LogP contribution in [0.1, 0.15) is 47.2 Å². The predicted molar refractivity (Wildman–Crippen MR) is 345 cm³/mol. The van der Waals surface area contributed by atoms with Gasteiger partial charge in [-0.15, -0.1) is 0 Å². The standard InChI is InChI=1S/C78H50Cl2N2/c1-3-81-73-41-25-23-39-69(73)75(77(81)67-35-19-9-20-36-67)71(79)55-57-43-47-63(59-27-11-5-12-28-59)51-53-65(61-31-15-7-16-32-61)49-45-58(46-50-66(62-33-17-8-18-34-62)54-52-64(48-44-57)60-29-13-6-14-30-60)56-72(80)76-70-40-24-26-42-74(70)82(4-2)78(76)68-37-21-10-22-38-68/h5-42,55-56H,3-4H2,1-2H3/b71-55-,72-56-. The highest BCUT2D eigenvalue weighted by molar-refractivity contribution is 6.51. The lowest BCUT2D eigenvalue weighted by Gasteiger charge is -2.10. The highest BCUT2D eigenvalue weighted by atomic mass is 35.5. The summed E-state index contributed by atoms with van der Waals surface area (Å²) < 4.78 is 4.62. The van der Waals surface area contributed by atoms with E-state index in [1.807, 2.05) is 182 Å². The van der Waals surface area contributed by atoms with Crippen molar-refractivity contribution in [3.63, 3.8) is 0 Å². The zero-order valence-electron chi connectivity index (χ0n) is 45.2. The third kappa shape index (κ3) is 11.9. The van der Waals surface area contributed by atoms with Crippen molar-refractivity contribution < 1.29 is 0 Å². The molecule has 4 heteroatoms. The number of rotatable bonds is 12. The number of aromatic nitrogens is 2. The molecule has 0 fully saturated rings. The number of benzene rings is 8. The summed E-state index contributed by atoms with van der Waals surface area (Å²) >= 11 is 15.4. The Labute approximate surface area is 490 Å². The van der Waals surface area contributed by atoms with Gasteiger partial charge in [0.05, 0.1) is 54.9 Å². The number of fused-ring (bicyclic) bond motifs is 2. The number of nitrogens with zero attached hydrogens (tertiary/aromatic N) is 2. The fourth-order valence-corrected chi connectivity index (χ4v) is 10.6. The summed E-state index contributed by atoms with van der Waals surface area (Å²) in [5.74, 6) is 20.8. The van der Waals surface area contributed by atoms with Crippen LogP contribution in [0.5, 0.6) is 0 Å². The lowest BCUT2D eigenvalue weighted by molar-refractivity contribution is 0.805. The first kappa shape index (κ1) is 53.5. The summed E-state index contributed by atoms with van der Waals surface area (Å²) in [5.41, 5.74) is 35.3. The molecule has 0 spiro atoms. The van der Waals surface area contributed by atoms with E-state index in [1.54, 1.807) is 0 Å². The van der Waals surface area contributed by atoms with Crippen LogP contribution >= 0.6 is 23.2 Å². The van der Waals surface area contributed by atoms with Crippen molar-refractivity contribution in [3.05, 3.63) is 322 Å². The lowest BCUT2D eigenvalue weighted by Crippen LogP contribution is -1.97. The van der Waals surface area contributed by atoms with Gasteiger partial charge in [0.2, 0.25) is 0 Å². The number of hydrogen-bond acceptors (Lipinski definition) is 0. The molecule has 0 radical (unpaired) electrons. The van der Waals surface area contributed by atoms with Crippen molar-refractivity contribution >= 4 is 77.4 Å². The Hall–Kier alpha value is -10.5. The molecule has 0 aliphatic heterocycles. The molecule has 8 aromatic carbocycles. The van der Waals surface area contributed by atoms with E-state index in [0.717, 1.165) is 90.8 Å². The Morgan fingerprint density at radius 1 is 0.317 bits per heavy atom. The first-order valence-corrected chi connectivity index (χ1v) is 27.8. The van der Waals surface area contributed by atoms with E-state index in [-0.39, 0.29) is 0 Å². The van der Waals surface area contributed by atoms with E-state index in [0.29, 0.717) is 43.5 Å². The van der Waals surface area contributed by atoms with Crippen molar-refractivity contribution in [1.29, 1.82) is 0 Å². The zero-order valence-corrected chi connectivity index (χ0v) is 46.7. The van der Waals surface area contributed by atoms with Crippen LogP contribution in [0.25, 0.3) is 76.7 Å². The normalized spacial score (nSPS) is 12.7. The first-order chi connectivity index (χ1) is 40.4. The highest BCUT2D eigenvalue weighted by Gasteiger charge is 2.22. The van der Waals surface area contributed by atoms with Crippen molar-refractivity contribution in [3.8, 4) is 58.0 Å². The van der Waals surface area contributed by atoms with Gasteiger partial charge in [0.15, 0.2) is 0 Å². The van der Waals surface area contributed by atoms with Crippen LogP contribution in [0.3, 0.4) is 0 Å². The fourth-order valence-electron chi connectivity index (χ4n) is 10.0. The van der Waals surface area contributed by atoms with Gasteiger partial charge in [-0.2, -0.15) is 0 Å². The Balaban J connectivity index is 1.25. The Morgan fingerprint density at radius 2 is 0.573 bits per heavy atom. The predicted octanol–water partition coefficient (Wildman–Crippen LogP) is 19.3. The van der Waals surface area contributed by atoms with Crippen molar-refractivity contribution in [2.75, 3.05) is 0 Å². The van der Waals surface area contributed by atoms with Crippen LogP contribution in [0.4, 0.5) is 0 Å². The van der Waals surface area contributed by atoms with E-state index < -0.39 is 0 Å². The third-order valence-electron chi connectivity index (χ3n) is 13.9. The summed E-state index contributed by atoms with van der Waals surface area (Å²) in [4.78, 5) is 0. The summed E-state index contributed by atoms with van der Waals surface area (Å²) in [6.07, 6.45) is 3.75. The molecule has 1 aliphatic rings. The van der Waals surface area contributed by atoms with Gasteiger partial charge in [0, 0.05) is 46.0 Å². The fraction of sp³-hybridized carbons (Fsp3) is 0.0513. The molecule has 0 saturated carbocycles. The highest BCUT2D eigenvalue weighted by Crippen LogP contribution is 2.42. The van der Waals surface area contributed by atoms with Gasteiger partial charge in [-0.05, 0) is 71.5 Å². The average Bonchev–Trinajstić information content (AvgIpc) is 3.78. The Bertz CT molecular complexity index is 4380. The molecule has 1 aliphatic carbocycles. The molecular formula is C78H50Cl2N2. The lowest BCUT2D eigenvalue weighted by atomic mass is 10.0. The number of aryl methyl sites for hydroxylation is 2.